The van der Waals surface area contributed by atoms with E-state index < -0.39 is 18.5 Å². The van der Waals surface area contributed by atoms with Gasteiger partial charge in [-0.1, -0.05) is 5.16 Å². The molecule has 2 heterocycles. The molecule has 1 aromatic carbocycles. The highest BCUT2D eigenvalue weighted by molar-refractivity contribution is 6.00. The van der Waals surface area contributed by atoms with Crippen molar-refractivity contribution >= 4 is 23.8 Å². The number of aromatic nitrogens is 2. The van der Waals surface area contributed by atoms with Crippen molar-refractivity contribution < 1.29 is 23.6 Å². The van der Waals surface area contributed by atoms with E-state index >= 15 is 0 Å². The standard InChI is InChI=1S/C23H22N4O5/c1-14-9-17(16(3)27(14)19-5-7-20(30-4)8-6-19)11-18(12-24)23(29)31-13-22(28)25-21-10-15(2)32-26-21/h5-11H,13H2,1-4H3,(H,25,26,28)/b18-11+. The van der Waals surface area contributed by atoms with E-state index in [1.54, 1.807) is 14.0 Å². The highest BCUT2D eigenvalue weighted by Crippen LogP contribution is 2.24. The molecule has 32 heavy (non-hydrogen) atoms. The molecule has 0 aliphatic heterocycles. The number of amides is 1. The summed E-state index contributed by atoms with van der Waals surface area (Å²) in [5.41, 5.74) is 3.15. The molecule has 164 valence electrons. The molecule has 0 radical (unpaired) electrons. The van der Waals surface area contributed by atoms with Gasteiger partial charge in [0.05, 0.1) is 7.11 Å². The van der Waals surface area contributed by atoms with E-state index in [4.69, 9.17) is 14.0 Å². The van der Waals surface area contributed by atoms with Gasteiger partial charge >= 0.3 is 5.97 Å². The van der Waals surface area contributed by atoms with Gasteiger partial charge < -0.3 is 23.9 Å². The third-order valence-corrected chi connectivity index (χ3v) is 4.67. The third kappa shape index (κ3) is 5.05. The molecule has 0 fully saturated rings. The predicted molar refractivity (Wildman–Crippen MR) is 116 cm³/mol. The third-order valence-electron chi connectivity index (χ3n) is 4.67. The zero-order valence-electron chi connectivity index (χ0n) is 18.1. The monoisotopic (exact) mass is 434 g/mol. The SMILES string of the molecule is COc1ccc(-n2c(C)cc(/C=C(\C#N)C(=O)OCC(=O)Nc3cc(C)on3)c2C)cc1. The lowest BCUT2D eigenvalue weighted by molar-refractivity contribution is -0.142. The van der Waals surface area contributed by atoms with Crippen molar-refractivity contribution in [1.82, 2.24) is 9.72 Å². The van der Waals surface area contributed by atoms with Crippen molar-refractivity contribution in [3.8, 4) is 17.5 Å². The number of anilines is 1. The van der Waals surface area contributed by atoms with E-state index in [1.165, 1.54) is 12.1 Å². The van der Waals surface area contributed by atoms with Gasteiger partial charge in [0, 0.05) is 23.1 Å². The van der Waals surface area contributed by atoms with Crippen LogP contribution in [0.2, 0.25) is 0 Å². The summed E-state index contributed by atoms with van der Waals surface area (Å²) < 4.78 is 17.0. The Morgan fingerprint density at radius 1 is 1.22 bits per heavy atom. The van der Waals surface area contributed by atoms with Crippen molar-refractivity contribution in [1.29, 1.82) is 5.26 Å². The highest BCUT2D eigenvalue weighted by Gasteiger charge is 2.16. The predicted octanol–water partition coefficient (Wildman–Crippen LogP) is 3.49. The fourth-order valence-corrected chi connectivity index (χ4v) is 3.17. The van der Waals surface area contributed by atoms with E-state index in [0.717, 1.165) is 22.8 Å². The largest absolute Gasteiger partial charge is 0.497 e. The van der Waals surface area contributed by atoms with Crippen molar-refractivity contribution in [3.05, 3.63) is 64.7 Å². The summed E-state index contributed by atoms with van der Waals surface area (Å²) in [6, 6.07) is 12.8. The molecule has 0 unspecified atom stereocenters. The number of hydrogen-bond donors (Lipinski definition) is 1. The first-order valence-electron chi connectivity index (χ1n) is 9.68. The normalized spacial score (nSPS) is 11.0. The van der Waals surface area contributed by atoms with Gasteiger partial charge in [-0.2, -0.15) is 5.26 Å². The van der Waals surface area contributed by atoms with Gasteiger partial charge in [0.25, 0.3) is 5.91 Å². The summed E-state index contributed by atoms with van der Waals surface area (Å²) in [6.07, 6.45) is 1.45. The summed E-state index contributed by atoms with van der Waals surface area (Å²) in [4.78, 5) is 24.3. The average molecular weight is 434 g/mol. The van der Waals surface area contributed by atoms with Crippen molar-refractivity contribution in [3.63, 3.8) is 0 Å². The lowest BCUT2D eigenvalue weighted by atomic mass is 10.1. The van der Waals surface area contributed by atoms with Crippen LogP contribution in [0.4, 0.5) is 5.82 Å². The summed E-state index contributed by atoms with van der Waals surface area (Å²) >= 11 is 0. The van der Waals surface area contributed by atoms with Crippen LogP contribution < -0.4 is 10.1 Å². The topological polar surface area (TPSA) is 119 Å². The molecule has 0 saturated heterocycles. The Morgan fingerprint density at radius 3 is 2.53 bits per heavy atom. The zero-order chi connectivity index (χ0) is 23.3. The Labute approximate surface area is 184 Å². The van der Waals surface area contributed by atoms with Crippen molar-refractivity contribution in [2.45, 2.75) is 20.8 Å². The molecule has 1 amide bonds. The Hall–Kier alpha value is -4.32. The molecule has 3 rings (SSSR count). The van der Waals surface area contributed by atoms with E-state index in [1.807, 2.05) is 54.8 Å². The van der Waals surface area contributed by atoms with Gasteiger partial charge in [0.2, 0.25) is 0 Å². The fraction of sp³-hybridized carbons (Fsp3) is 0.217. The summed E-state index contributed by atoms with van der Waals surface area (Å²) in [5, 5.41) is 15.5. The lowest BCUT2D eigenvalue weighted by Crippen LogP contribution is -2.21. The summed E-state index contributed by atoms with van der Waals surface area (Å²) in [5.74, 6) is -0.00627. The van der Waals surface area contributed by atoms with Gasteiger partial charge in [-0.25, -0.2) is 4.79 Å². The molecule has 3 aromatic rings. The van der Waals surface area contributed by atoms with Crippen molar-refractivity contribution in [2.24, 2.45) is 0 Å². The molecule has 0 aliphatic carbocycles. The number of carbonyl (C=O) groups is 2. The minimum absolute atomic E-state index is 0.213. The van der Waals surface area contributed by atoms with Crippen LogP contribution in [0.3, 0.4) is 0 Å². The van der Waals surface area contributed by atoms with Gasteiger partial charge in [-0.15, -0.1) is 0 Å². The first kappa shape index (κ1) is 22.4. The molecule has 9 heteroatoms. The Balaban J connectivity index is 1.73. The number of rotatable bonds is 7. The minimum Gasteiger partial charge on any atom is -0.497 e. The summed E-state index contributed by atoms with van der Waals surface area (Å²) in [6.45, 7) is 4.93. The molecule has 0 aliphatic rings. The molecule has 2 aromatic heterocycles. The Bertz CT molecular complexity index is 1210. The van der Waals surface area contributed by atoms with Crippen LogP contribution >= 0.6 is 0 Å². The van der Waals surface area contributed by atoms with Gasteiger partial charge in [0.15, 0.2) is 12.4 Å². The number of aryl methyl sites for hydroxylation is 2. The lowest BCUT2D eigenvalue weighted by Gasteiger charge is -2.10. The molecular formula is C23H22N4O5. The average Bonchev–Trinajstić information content (AvgIpc) is 3.31. The maximum absolute atomic E-state index is 12.3. The molecule has 0 bridgehead atoms. The van der Waals surface area contributed by atoms with Crippen molar-refractivity contribution in [2.75, 3.05) is 19.0 Å². The van der Waals surface area contributed by atoms with E-state index in [0.29, 0.717) is 11.3 Å². The van der Waals surface area contributed by atoms with Gasteiger partial charge in [-0.3, -0.25) is 4.79 Å². The maximum atomic E-state index is 12.3. The number of benzene rings is 1. The molecule has 0 saturated carbocycles. The second kappa shape index (κ2) is 9.66. The number of nitrogens with one attached hydrogen (secondary N) is 1. The highest BCUT2D eigenvalue weighted by atomic mass is 16.5. The maximum Gasteiger partial charge on any atom is 0.349 e. The minimum atomic E-state index is -0.895. The summed E-state index contributed by atoms with van der Waals surface area (Å²) in [7, 11) is 1.60. The zero-order valence-corrected chi connectivity index (χ0v) is 18.1. The molecular weight excluding hydrogens is 412 g/mol. The Morgan fingerprint density at radius 2 is 1.94 bits per heavy atom. The quantitative estimate of drug-likeness (QED) is 0.343. The number of carbonyl (C=O) groups excluding carboxylic acids is 2. The van der Waals surface area contributed by atoms with Gasteiger partial charge in [0.1, 0.15) is 23.2 Å². The first-order chi connectivity index (χ1) is 15.3. The number of esters is 1. The van der Waals surface area contributed by atoms with Crippen LogP contribution in [0.15, 0.2) is 46.5 Å². The second-order valence-corrected chi connectivity index (χ2v) is 6.98. The number of nitriles is 1. The number of methoxy groups -OCH3 is 1. The van der Waals surface area contributed by atoms with Gasteiger partial charge in [-0.05, 0) is 62.7 Å². The Kier molecular flexibility index (Phi) is 6.75. The van der Waals surface area contributed by atoms with Crippen LogP contribution in [0.5, 0.6) is 5.75 Å². The van der Waals surface area contributed by atoms with E-state index in [-0.39, 0.29) is 11.4 Å². The first-order valence-corrected chi connectivity index (χ1v) is 9.68. The molecule has 0 spiro atoms. The number of ether oxygens (including phenoxy) is 2. The fourth-order valence-electron chi connectivity index (χ4n) is 3.17. The number of nitrogens with zero attached hydrogens (tertiary/aromatic N) is 3. The van der Waals surface area contributed by atoms with E-state index in [2.05, 4.69) is 10.5 Å². The van der Waals surface area contributed by atoms with Crippen LogP contribution in [0.1, 0.15) is 22.7 Å². The molecule has 0 atom stereocenters. The van der Waals surface area contributed by atoms with Crippen LogP contribution in [0.25, 0.3) is 11.8 Å². The molecule has 1 N–H and O–H groups in total. The number of hydrogen-bond acceptors (Lipinski definition) is 7. The van der Waals surface area contributed by atoms with Crippen LogP contribution in [-0.2, 0) is 14.3 Å². The van der Waals surface area contributed by atoms with Crippen LogP contribution in [-0.4, -0.2) is 35.3 Å². The smallest absolute Gasteiger partial charge is 0.349 e. The van der Waals surface area contributed by atoms with E-state index in [9.17, 15) is 14.9 Å². The molecule has 9 nitrogen and oxygen atoms in total. The van der Waals surface area contributed by atoms with Crippen LogP contribution in [0, 0.1) is 32.1 Å². The second-order valence-electron chi connectivity index (χ2n) is 6.98.